The zero-order chi connectivity index (χ0) is 24.2. The van der Waals surface area contributed by atoms with E-state index in [1.807, 2.05) is 55.5 Å². The van der Waals surface area contributed by atoms with Crippen LogP contribution < -0.4 is 14.8 Å². The second kappa shape index (κ2) is 13.9. The molecule has 7 heteroatoms. The smallest absolute Gasteiger partial charge is 0.223 e. The summed E-state index contributed by atoms with van der Waals surface area (Å²) in [4.78, 5) is 14.8. The molecule has 0 aliphatic carbocycles. The molecule has 2 N–H and O–H groups in total. The Balaban J connectivity index is 1.50. The third kappa shape index (κ3) is 9.31. The van der Waals surface area contributed by atoms with E-state index in [4.69, 9.17) is 9.47 Å². The molecule has 2 aromatic carbocycles. The van der Waals surface area contributed by atoms with Crippen molar-refractivity contribution < 1.29 is 23.8 Å². The fraction of sp³-hybridized carbons (Fsp3) is 0.519. The standard InChI is InChI=1S/C27H37FN2O4/c1-21-4-8-25(9-5-21)34-17-13-27(32)29-23(19-30-15-12-24(31)20-30)18-22-6-10-26(11-7-22)33-16-3-2-14-28/h4-11,23-24,31H,2-3,12-20H2,1H3,(H,29,32)/t23-,24-/m0/s1. The molecule has 1 aliphatic rings. The number of aryl methyl sites for hydroxylation is 1. The molecule has 0 bridgehead atoms. The predicted octanol–water partition coefficient (Wildman–Crippen LogP) is 3.69. The first-order valence-corrected chi connectivity index (χ1v) is 12.2. The molecule has 2 aromatic rings. The zero-order valence-corrected chi connectivity index (χ0v) is 20.0. The number of β-amino-alcohol motifs (C(OH)–C–C–N with tert-alkyl or cyclic N) is 1. The van der Waals surface area contributed by atoms with E-state index in [-0.39, 0.29) is 31.1 Å². The Kier molecular flexibility index (Phi) is 10.6. The van der Waals surface area contributed by atoms with Gasteiger partial charge in [-0.2, -0.15) is 0 Å². The van der Waals surface area contributed by atoms with Crippen LogP contribution in [0.15, 0.2) is 48.5 Å². The Morgan fingerprint density at radius 2 is 1.76 bits per heavy atom. The highest BCUT2D eigenvalue weighted by Crippen LogP contribution is 2.16. The number of carbonyl (C=O) groups excluding carboxylic acids is 1. The Hall–Kier alpha value is -2.64. The maximum atomic E-state index is 12.6. The van der Waals surface area contributed by atoms with Crippen molar-refractivity contribution >= 4 is 5.91 Å². The third-order valence-electron chi connectivity index (χ3n) is 5.91. The lowest BCUT2D eigenvalue weighted by molar-refractivity contribution is -0.122. The van der Waals surface area contributed by atoms with E-state index >= 15 is 0 Å². The van der Waals surface area contributed by atoms with Gasteiger partial charge in [-0.15, -0.1) is 0 Å². The monoisotopic (exact) mass is 472 g/mol. The van der Waals surface area contributed by atoms with Gasteiger partial charge >= 0.3 is 0 Å². The first-order chi connectivity index (χ1) is 16.5. The summed E-state index contributed by atoms with van der Waals surface area (Å²) in [5.41, 5.74) is 2.26. The lowest BCUT2D eigenvalue weighted by atomic mass is 10.0. The second-order valence-corrected chi connectivity index (χ2v) is 8.97. The molecule has 3 rings (SSSR count). The largest absolute Gasteiger partial charge is 0.494 e. The molecule has 186 valence electrons. The topological polar surface area (TPSA) is 71.0 Å². The van der Waals surface area contributed by atoms with Crippen LogP contribution in [0, 0.1) is 6.92 Å². The molecule has 6 nitrogen and oxygen atoms in total. The average Bonchev–Trinajstić information content (AvgIpc) is 3.23. The Labute approximate surface area is 202 Å². The lowest BCUT2D eigenvalue weighted by Crippen LogP contribution is -2.45. The highest BCUT2D eigenvalue weighted by Gasteiger charge is 2.24. The van der Waals surface area contributed by atoms with Crippen LogP contribution in [0.2, 0.25) is 0 Å². The van der Waals surface area contributed by atoms with E-state index in [0.29, 0.717) is 45.6 Å². The number of nitrogens with zero attached hydrogens (tertiary/aromatic N) is 1. The first-order valence-electron chi connectivity index (χ1n) is 12.2. The molecule has 1 aliphatic heterocycles. The third-order valence-corrected chi connectivity index (χ3v) is 5.91. The Morgan fingerprint density at radius 3 is 2.41 bits per heavy atom. The average molecular weight is 473 g/mol. The van der Waals surface area contributed by atoms with Crippen molar-refractivity contribution in [3.05, 3.63) is 59.7 Å². The number of hydrogen-bond acceptors (Lipinski definition) is 5. The Bertz CT molecular complexity index is 860. The summed E-state index contributed by atoms with van der Waals surface area (Å²) in [6.07, 6.45) is 2.63. The molecular formula is C27H37FN2O4. The van der Waals surface area contributed by atoms with Gasteiger partial charge in [-0.05, 0) is 62.4 Å². The number of likely N-dealkylation sites (tertiary alicyclic amines) is 1. The van der Waals surface area contributed by atoms with Crippen LogP contribution >= 0.6 is 0 Å². The molecule has 1 fully saturated rings. The molecular weight excluding hydrogens is 435 g/mol. The van der Waals surface area contributed by atoms with Gasteiger partial charge in [0.05, 0.1) is 32.4 Å². The minimum Gasteiger partial charge on any atom is -0.494 e. The quantitative estimate of drug-likeness (QED) is 0.411. The first kappa shape index (κ1) is 26.0. The van der Waals surface area contributed by atoms with Gasteiger partial charge in [0, 0.05) is 25.7 Å². The fourth-order valence-electron chi connectivity index (χ4n) is 4.04. The van der Waals surface area contributed by atoms with Crippen LogP contribution in [0.4, 0.5) is 4.39 Å². The molecule has 0 unspecified atom stereocenters. The van der Waals surface area contributed by atoms with Gasteiger partial charge in [-0.1, -0.05) is 29.8 Å². The number of nitrogens with one attached hydrogen (secondary N) is 1. The van der Waals surface area contributed by atoms with Crippen molar-refractivity contribution in [2.75, 3.05) is 39.5 Å². The summed E-state index contributed by atoms with van der Waals surface area (Å²) in [5, 5.41) is 13.0. The van der Waals surface area contributed by atoms with E-state index in [9.17, 15) is 14.3 Å². The molecule has 1 amide bonds. The number of benzene rings is 2. The molecule has 1 saturated heterocycles. The number of aliphatic hydroxyl groups excluding tert-OH is 1. The second-order valence-electron chi connectivity index (χ2n) is 8.97. The maximum Gasteiger partial charge on any atom is 0.223 e. The van der Waals surface area contributed by atoms with Gasteiger partial charge in [0.25, 0.3) is 0 Å². The minimum absolute atomic E-state index is 0.0512. The van der Waals surface area contributed by atoms with Crippen molar-refractivity contribution in [2.45, 2.75) is 51.2 Å². The van der Waals surface area contributed by atoms with Crippen molar-refractivity contribution in [1.29, 1.82) is 0 Å². The van der Waals surface area contributed by atoms with Crippen LogP contribution in [0.1, 0.15) is 36.8 Å². The lowest BCUT2D eigenvalue weighted by Gasteiger charge is -2.25. The van der Waals surface area contributed by atoms with Crippen molar-refractivity contribution in [3.8, 4) is 11.5 Å². The normalized spacial score (nSPS) is 16.9. The number of carbonyl (C=O) groups is 1. The number of halogens is 1. The molecule has 0 radical (unpaired) electrons. The minimum atomic E-state index is -0.318. The molecule has 1 heterocycles. The van der Waals surface area contributed by atoms with E-state index in [1.54, 1.807) is 0 Å². The summed E-state index contributed by atoms with van der Waals surface area (Å²) >= 11 is 0. The molecule has 34 heavy (non-hydrogen) atoms. The van der Waals surface area contributed by atoms with Gasteiger partial charge < -0.3 is 19.9 Å². The van der Waals surface area contributed by atoms with Crippen molar-refractivity contribution in [1.82, 2.24) is 10.2 Å². The summed E-state index contributed by atoms with van der Waals surface area (Å²) in [7, 11) is 0. The summed E-state index contributed by atoms with van der Waals surface area (Å²) < 4.78 is 23.6. The van der Waals surface area contributed by atoms with E-state index in [1.165, 1.54) is 0 Å². The van der Waals surface area contributed by atoms with Gasteiger partial charge in [0.15, 0.2) is 0 Å². The number of hydrogen-bond donors (Lipinski definition) is 2. The number of aliphatic hydroxyl groups is 1. The van der Waals surface area contributed by atoms with Gasteiger partial charge in [0.2, 0.25) is 5.91 Å². The van der Waals surface area contributed by atoms with Crippen molar-refractivity contribution in [3.63, 3.8) is 0 Å². The van der Waals surface area contributed by atoms with Crippen molar-refractivity contribution in [2.24, 2.45) is 0 Å². The zero-order valence-electron chi connectivity index (χ0n) is 20.0. The van der Waals surface area contributed by atoms with Crippen LogP contribution in [0.25, 0.3) is 0 Å². The predicted molar refractivity (Wildman–Crippen MR) is 131 cm³/mol. The molecule has 2 atom stereocenters. The van der Waals surface area contributed by atoms with Crippen LogP contribution in [-0.2, 0) is 11.2 Å². The number of ether oxygens (including phenoxy) is 2. The molecule has 0 saturated carbocycles. The van der Waals surface area contributed by atoms with E-state index < -0.39 is 0 Å². The van der Waals surface area contributed by atoms with Crippen LogP contribution in [0.5, 0.6) is 11.5 Å². The van der Waals surface area contributed by atoms with Gasteiger partial charge in [-0.25, -0.2) is 0 Å². The number of amides is 1. The Morgan fingerprint density at radius 1 is 1.09 bits per heavy atom. The summed E-state index contributed by atoms with van der Waals surface area (Å²) in [6, 6.07) is 15.5. The van der Waals surface area contributed by atoms with Crippen LogP contribution in [0.3, 0.4) is 0 Å². The van der Waals surface area contributed by atoms with E-state index in [2.05, 4.69) is 10.2 Å². The highest BCUT2D eigenvalue weighted by molar-refractivity contribution is 5.76. The van der Waals surface area contributed by atoms with E-state index in [0.717, 1.165) is 35.6 Å². The molecule has 0 spiro atoms. The summed E-state index contributed by atoms with van der Waals surface area (Å²) in [6.45, 7) is 4.67. The molecule has 0 aromatic heterocycles. The summed E-state index contributed by atoms with van der Waals surface area (Å²) in [5.74, 6) is 1.47. The SMILES string of the molecule is Cc1ccc(OCCC(=O)N[C@@H](Cc2ccc(OCCCCF)cc2)CN2CC[C@H](O)C2)cc1. The fourth-order valence-corrected chi connectivity index (χ4v) is 4.04. The van der Waals surface area contributed by atoms with Crippen LogP contribution in [-0.4, -0.2) is 67.6 Å². The maximum absolute atomic E-state index is 12.6. The van der Waals surface area contributed by atoms with Gasteiger partial charge in [0.1, 0.15) is 11.5 Å². The highest BCUT2D eigenvalue weighted by atomic mass is 19.1. The van der Waals surface area contributed by atoms with Gasteiger partial charge in [-0.3, -0.25) is 14.1 Å². The number of rotatable bonds is 14. The number of alkyl halides is 1. The number of unbranched alkanes of at least 4 members (excludes halogenated alkanes) is 1.